The van der Waals surface area contributed by atoms with E-state index in [0.717, 1.165) is 33.8 Å². The van der Waals surface area contributed by atoms with Gasteiger partial charge in [0.15, 0.2) is 5.82 Å². The number of nitrogens with one attached hydrogen (secondary N) is 1. The van der Waals surface area contributed by atoms with E-state index in [9.17, 15) is 0 Å². The second-order valence-electron chi connectivity index (χ2n) is 4.31. The number of nitrogens with zero attached hydrogens (tertiary/aromatic N) is 3. The van der Waals surface area contributed by atoms with E-state index in [0.29, 0.717) is 12.4 Å². The molecule has 2 aromatic rings. The fourth-order valence-electron chi connectivity index (χ4n) is 1.74. The maximum absolute atomic E-state index is 5.19. The van der Waals surface area contributed by atoms with Crippen molar-refractivity contribution in [2.75, 3.05) is 19.0 Å². The summed E-state index contributed by atoms with van der Waals surface area (Å²) in [6.07, 6.45) is 1.78. The number of rotatable bonds is 5. The minimum absolute atomic E-state index is 0.424. The SMILES string of the molecule is CCNc1nc(-c2ccc(C)nc2)nc(COC)c1Br. The van der Waals surface area contributed by atoms with Gasteiger partial charge in [-0.2, -0.15) is 0 Å². The molecular weight excluding hydrogens is 320 g/mol. The summed E-state index contributed by atoms with van der Waals surface area (Å²) in [5.41, 5.74) is 2.67. The molecule has 5 nitrogen and oxygen atoms in total. The van der Waals surface area contributed by atoms with Crippen LogP contribution >= 0.6 is 15.9 Å². The van der Waals surface area contributed by atoms with E-state index in [1.165, 1.54) is 0 Å². The quantitative estimate of drug-likeness (QED) is 0.908. The Kier molecular flexibility index (Phi) is 5.03. The van der Waals surface area contributed by atoms with Gasteiger partial charge in [-0.15, -0.1) is 0 Å². The number of hydrogen-bond acceptors (Lipinski definition) is 5. The zero-order chi connectivity index (χ0) is 14.5. The maximum Gasteiger partial charge on any atom is 0.163 e. The van der Waals surface area contributed by atoms with Crippen molar-refractivity contribution in [1.82, 2.24) is 15.0 Å². The van der Waals surface area contributed by atoms with Crippen molar-refractivity contribution in [1.29, 1.82) is 0 Å². The fraction of sp³-hybridized carbons (Fsp3) is 0.357. The average molecular weight is 337 g/mol. The summed E-state index contributed by atoms with van der Waals surface area (Å²) in [4.78, 5) is 13.4. The molecule has 0 spiro atoms. The summed E-state index contributed by atoms with van der Waals surface area (Å²) < 4.78 is 6.03. The van der Waals surface area contributed by atoms with Crippen molar-refractivity contribution in [2.45, 2.75) is 20.5 Å². The van der Waals surface area contributed by atoms with Crippen LogP contribution in [0, 0.1) is 6.92 Å². The molecule has 0 unspecified atom stereocenters. The van der Waals surface area contributed by atoms with Gasteiger partial charge in [0.05, 0.1) is 16.8 Å². The molecule has 0 fully saturated rings. The van der Waals surface area contributed by atoms with E-state index >= 15 is 0 Å². The molecule has 0 saturated heterocycles. The maximum atomic E-state index is 5.19. The smallest absolute Gasteiger partial charge is 0.163 e. The van der Waals surface area contributed by atoms with Gasteiger partial charge in [-0.3, -0.25) is 4.98 Å². The minimum Gasteiger partial charge on any atom is -0.378 e. The van der Waals surface area contributed by atoms with Gasteiger partial charge in [0.2, 0.25) is 0 Å². The third-order valence-electron chi connectivity index (χ3n) is 2.71. The first-order chi connectivity index (χ1) is 9.65. The summed E-state index contributed by atoms with van der Waals surface area (Å²) in [6.45, 7) is 5.19. The Morgan fingerprint density at radius 3 is 2.70 bits per heavy atom. The van der Waals surface area contributed by atoms with E-state index in [1.807, 2.05) is 26.0 Å². The van der Waals surface area contributed by atoms with Gasteiger partial charge in [0.25, 0.3) is 0 Å². The van der Waals surface area contributed by atoms with Gasteiger partial charge in [-0.25, -0.2) is 9.97 Å². The van der Waals surface area contributed by atoms with Crippen LogP contribution in [0.3, 0.4) is 0 Å². The van der Waals surface area contributed by atoms with Gasteiger partial charge in [0.1, 0.15) is 5.82 Å². The van der Waals surface area contributed by atoms with Crippen molar-refractivity contribution in [2.24, 2.45) is 0 Å². The number of anilines is 1. The molecule has 0 radical (unpaired) electrons. The first-order valence-electron chi connectivity index (χ1n) is 6.38. The molecule has 1 N–H and O–H groups in total. The van der Waals surface area contributed by atoms with Crippen molar-refractivity contribution < 1.29 is 4.74 Å². The van der Waals surface area contributed by atoms with Crippen LogP contribution in [0.15, 0.2) is 22.8 Å². The second kappa shape index (κ2) is 6.76. The van der Waals surface area contributed by atoms with E-state index in [-0.39, 0.29) is 0 Å². The Balaban J connectivity index is 2.49. The van der Waals surface area contributed by atoms with Gasteiger partial charge in [-0.05, 0) is 41.9 Å². The highest BCUT2D eigenvalue weighted by Crippen LogP contribution is 2.27. The zero-order valence-corrected chi connectivity index (χ0v) is 13.4. The largest absolute Gasteiger partial charge is 0.378 e. The van der Waals surface area contributed by atoms with Gasteiger partial charge < -0.3 is 10.1 Å². The van der Waals surface area contributed by atoms with Crippen LogP contribution in [0.2, 0.25) is 0 Å². The van der Waals surface area contributed by atoms with Crippen LogP contribution in [0.4, 0.5) is 5.82 Å². The predicted molar refractivity (Wildman–Crippen MR) is 82.6 cm³/mol. The van der Waals surface area contributed by atoms with Gasteiger partial charge in [0, 0.05) is 31.1 Å². The molecule has 0 atom stereocenters. The number of pyridine rings is 1. The van der Waals surface area contributed by atoms with Crippen LogP contribution in [-0.2, 0) is 11.3 Å². The Morgan fingerprint density at radius 1 is 1.30 bits per heavy atom. The third-order valence-corrected chi connectivity index (χ3v) is 3.55. The highest BCUT2D eigenvalue weighted by molar-refractivity contribution is 9.10. The molecule has 0 aliphatic carbocycles. The topological polar surface area (TPSA) is 59.9 Å². The highest BCUT2D eigenvalue weighted by Gasteiger charge is 2.13. The number of hydrogen-bond donors (Lipinski definition) is 1. The van der Waals surface area contributed by atoms with Gasteiger partial charge in [-0.1, -0.05) is 0 Å². The van der Waals surface area contributed by atoms with Crippen LogP contribution in [0.1, 0.15) is 18.3 Å². The lowest BCUT2D eigenvalue weighted by atomic mass is 10.2. The van der Waals surface area contributed by atoms with Crippen LogP contribution in [-0.4, -0.2) is 28.6 Å². The summed E-state index contributed by atoms with van der Waals surface area (Å²) in [6, 6.07) is 3.92. The van der Waals surface area contributed by atoms with Crippen molar-refractivity contribution in [3.05, 3.63) is 34.2 Å². The molecule has 0 bridgehead atoms. The zero-order valence-electron chi connectivity index (χ0n) is 11.8. The summed E-state index contributed by atoms with van der Waals surface area (Å²) in [7, 11) is 1.65. The molecule has 0 amide bonds. The molecule has 0 saturated carbocycles. The lowest BCUT2D eigenvalue weighted by Crippen LogP contribution is -2.07. The van der Waals surface area contributed by atoms with E-state index in [4.69, 9.17) is 4.74 Å². The van der Waals surface area contributed by atoms with E-state index in [1.54, 1.807) is 13.3 Å². The molecule has 2 rings (SSSR count). The molecule has 106 valence electrons. The number of halogens is 1. The fourth-order valence-corrected chi connectivity index (χ4v) is 2.17. The molecule has 0 aliphatic rings. The Morgan fingerprint density at radius 2 is 2.10 bits per heavy atom. The van der Waals surface area contributed by atoms with Crippen molar-refractivity contribution in [3.8, 4) is 11.4 Å². The van der Waals surface area contributed by atoms with Crippen molar-refractivity contribution in [3.63, 3.8) is 0 Å². The highest BCUT2D eigenvalue weighted by atomic mass is 79.9. The van der Waals surface area contributed by atoms with Crippen LogP contribution < -0.4 is 5.32 Å². The molecule has 20 heavy (non-hydrogen) atoms. The predicted octanol–water partition coefficient (Wildman–Crippen LogP) is 3.19. The number of aryl methyl sites for hydroxylation is 1. The number of aromatic nitrogens is 3. The lowest BCUT2D eigenvalue weighted by molar-refractivity contribution is 0.181. The van der Waals surface area contributed by atoms with Crippen LogP contribution in [0.25, 0.3) is 11.4 Å². The lowest BCUT2D eigenvalue weighted by Gasteiger charge is -2.11. The standard InChI is InChI=1S/C14H17BrN4O/c1-4-16-14-12(15)11(8-20-3)18-13(19-14)10-6-5-9(2)17-7-10/h5-7H,4,8H2,1-3H3,(H,16,18,19). The molecular formula is C14H17BrN4O. The second-order valence-corrected chi connectivity index (χ2v) is 5.10. The third kappa shape index (κ3) is 3.32. The molecule has 0 aliphatic heterocycles. The van der Waals surface area contributed by atoms with Crippen LogP contribution in [0.5, 0.6) is 0 Å². The Hall–Kier alpha value is -1.53. The van der Waals surface area contributed by atoms with E-state index < -0.39 is 0 Å². The number of ether oxygens (including phenoxy) is 1. The molecule has 0 aromatic carbocycles. The average Bonchev–Trinajstić information content (AvgIpc) is 2.44. The van der Waals surface area contributed by atoms with E-state index in [2.05, 4.69) is 36.2 Å². The first-order valence-corrected chi connectivity index (χ1v) is 7.17. The summed E-state index contributed by atoms with van der Waals surface area (Å²) >= 11 is 3.52. The number of methoxy groups -OCH3 is 1. The Labute approximate surface area is 127 Å². The normalized spacial score (nSPS) is 10.6. The first kappa shape index (κ1) is 14.9. The summed E-state index contributed by atoms with van der Waals surface area (Å²) in [5, 5.41) is 3.22. The molecule has 2 heterocycles. The molecule has 2 aromatic heterocycles. The Bertz CT molecular complexity index is 559. The summed E-state index contributed by atoms with van der Waals surface area (Å²) in [5.74, 6) is 1.41. The molecule has 6 heteroatoms. The van der Waals surface area contributed by atoms with Gasteiger partial charge >= 0.3 is 0 Å². The minimum atomic E-state index is 0.424. The van der Waals surface area contributed by atoms with Crippen molar-refractivity contribution >= 4 is 21.7 Å². The monoisotopic (exact) mass is 336 g/mol.